The molecule has 3 rings (SSSR count). The van der Waals surface area contributed by atoms with E-state index in [1.165, 1.54) is 11.3 Å². The minimum Gasteiger partial charge on any atom is -0.388 e. The zero-order valence-corrected chi connectivity index (χ0v) is 14.1. The van der Waals surface area contributed by atoms with Gasteiger partial charge >= 0.3 is 0 Å². The van der Waals surface area contributed by atoms with Gasteiger partial charge in [-0.2, -0.15) is 5.26 Å². The van der Waals surface area contributed by atoms with Gasteiger partial charge in [-0.25, -0.2) is 0 Å². The van der Waals surface area contributed by atoms with E-state index in [1.807, 2.05) is 44.2 Å². The first-order chi connectivity index (χ1) is 10.4. The van der Waals surface area contributed by atoms with Crippen molar-refractivity contribution in [3.05, 3.63) is 40.2 Å². The SMILES string of the molecule is C[C@@H]1N(c2ccc(-c3ccc(C#N)s3)c(Cl)c2)CC[C@]1(C)O. The van der Waals surface area contributed by atoms with Gasteiger partial charge in [0.15, 0.2) is 0 Å². The topological polar surface area (TPSA) is 47.3 Å². The Bertz CT molecular complexity index is 747. The van der Waals surface area contributed by atoms with Gasteiger partial charge in [-0.15, -0.1) is 11.3 Å². The molecule has 2 atom stereocenters. The molecule has 1 fully saturated rings. The Morgan fingerprint density at radius 3 is 2.73 bits per heavy atom. The van der Waals surface area contributed by atoms with Gasteiger partial charge in [-0.05, 0) is 44.5 Å². The third kappa shape index (κ3) is 2.61. The second-order valence-corrected chi connectivity index (χ2v) is 7.41. The van der Waals surface area contributed by atoms with Gasteiger partial charge in [0, 0.05) is 22.7 Å². The van der Waals surface area contributed by atoms with E-state index in [-0.39, 0.29) is 6.04 Å². The van der Waals surface area contributed by atoms with Crippen LogP contribution < -0.4 is 4.90 Å². The summed E-state index contributed by atoms with van der Waals surface area (Å²) in [7, 11) is 0. The summed E-state index contributed by atoms with van der Waals surface area (Å²) >= 11 is 7.89. The van der Waals surface area contributed by atoms with Gasteiger partial charge in [-0.1, -0.05) is 17.7 Å². The van der Waals surface area contributed by atoms with E-state index in [2.05, 4.69) is 11.0 Å². The van der Waals surface area contributed by atoms with E-state index in [0.29, 0.717) is 9.90 Å². The van der Waals surface area contributed by atoms with Crippen LogP contribution in [0, 0.1) is 11.3 Å². The molecule has 0 bridgehead atoms. The summed E-state index contributed by atoms with van der Waals surface area (Å²) in [6.07, 6.45) is 0.754. The monoisotopic (exact) mass is 332 g/mol. The summed E-state index contributed by atoms with van der Waals surface area (Å²) in [5.74, 6) is 0. The molecule has 0 aliphatic carbocycles. The van der Waals surface area contributed by atoms with Crippen LogP contribution in [0.2, 0.25) is 5.02 Å². The second-order valence-electron chi connectivity index (χ2n) is 5.92. The summed E-state index contributed by atoms with van der Waals surface area (Å²) < 4.78 is 0. The third-order valence-electron chi connectivity index (χ3n) is 4.49. The molecule has 0 spiro atoms. The number of nitrogens with zero attached hydrogens (tertiary/aromatic N) is 2. The maximum absolute atomic E-state index is 10.3. The predicted octanol–water partition coefficient (Wildman–Crippen LogP) is 4.29. The van der Waals surface area contributed by atoms with E-state index in [0.717, 1.165) is 29.1 Å². The van der Waals surface area contributed by atoms with Crippen LogP contribution >= 0.6 is 22.9 Å². The van der Waals surface area contributed by atoms with Crippen molar-refractivity contribution in [2.45, 2.75) is 31.9 Å². The number of aliphatic hydroxyl groups is 1. The molecule has 1 saturated heterocycles. The first kappa shape index (κ1) is 15.4. The van der Waals surface area contributed by atoms with E-state index < -0.39 is 5.60 Å². The number of nitriles is 1. The highest BCUT2D eigenvalue weighted by atomic mass is 35.5. The summed E-state index contributed by atoms with van der Waals surface area (Å²) in [6, 6.07) is 11.9. The standard InChI is InChI=1S/C17H17ClN2OS/c1-11-17(2,21)7-8-20(11)12-3-5-14(15(18)9-12)16-6-4-13(10-19)22-16/h3-6,9,11,21H,7-8H2,1-2H3/t11-,17-/m0/s1. The first-order valence-corrected chi connectivity index (χ1v) is 8.41. The molecule has 1 aliphatic heterocycles. The predicted molar refractivity (Wildman–Crippen MR) is 91.5 cm³/mol. The Morgan fingerprint density at radius 1 is 1.41 bits per heavy atom. The molecule has 1 aromatic heterocycles. The van der Waals surface area contributed by atoms with E-state index in [1.54, 1.807) is 0 Å². The van der Waals surface area contributed by atoms with Gasteiger partial charge in [0.1, 0.15) is 10.9 Å². The lowest BCUT2D eigenvalue weighted by Gasteiger charge is -2.30. The minimum atomic E-state index is -0.666. The Hall–Kier alpha value is -1.54. The first-order valence-electron chi connectivity index (χ1n) is 7.21. The second kappa shape index (κ2) is 5.58. The van der Waals surface area contributed by atoms with Crippen molar-refractivity contribution in [1.82, 2.24) is 0 Å². The molecule has 0 unspecified atom stereocenters. The zero-order chi connectivity index (χ0) is 15.9. The van der Waals surface area contributed by atoms with E-state index >= 15 is 0 Å². The molecule has 3 nitrogen and oxygen atoms in total. The molecule has 1 aromatic carbocycles. The van der Waals surface area contributed by atoms with Crippen LogP contribution in [0.15, 0.2) is 30.3 Å². The van der Waals surface area contributed by atoms with Crippen LogP contribution in [-0.2, 0) is 0 Å². The third-order valence-corrected chi connectivity index (χ3v) is 5.83. The molecule has 5 heteroatoms. The number of hydrogen-bond acceptors (Lipinski definition) is 4. The Balaban J connectivity index is 1.92. The smallest absolute Gasteiger partial charge is 0.110 e. The molecule has 114 valence electrons. The van der Waals surface area contributed by atoms with Crippen LogP contribution in [0.5, 0.6) is 0 Å². The number of halogens is 1. The lowest BCUT2D eigenvalue weighted by molar-refractivity contribution is 0.0566. The van der Waals surface area contributed by atoms with E-state index in [4.69, 9.17) is 16.9 Å². The highest BCUT2D eigenvalue weighted by molar-refractivity contribution is 7.16. The maximum atomic E-state index is 10.3. The fourth-order valence-corrected chi connectivity index (χ4v) is 4.04. The van der Waals surface area contributed by atoms with Crippen LogP contribution in [-0.4, -0.2) is 23.3 Å². The van der Waals surface area contributed by atoms with Crippen LogP contribution in [0.3, 0.4) is 0 Å². The van der Waals surface area contributed by atoms with Gasteiger partial charge < -0.3 is 10.0 Å². The van der Waals surface area contributed by atoms with Crippen LogP contribution in [0.1, 0.15) is 25.1 Å². The van der Waals surface area contributed by atoms with Crippen molar-refractivity contribution in [3.63, 3.8) is 0 Å². The molecule has 2 heterocycles. The van der Waals surface area contributed by atoms with Crippen LogP contribution in [0.25, 0.3) is 10.4 Å². The largest absolute Gasteiger partial charge is 0.388 e. The molecule has 0 amide bonds. The molecule has 2 aromatic rings. The lowest BCUT2D eigenvalue weighted by atomic mass is 9.99. The highest BCUT2D eigenvalue weighted by Gasteiger charge is 2.39. The Labute approximate surface area is 139 Å². The number of anilines is 1. The summed E-state index contributed by atoms with van der Waals surface area (Å²) in [6.45, 7) is 4.73. The fourth-order valence-electron chi connectivity index (χ4n) is 2.86. The molecular formula is C17H17ClN2OS. The Kier molecular flexibility index (Phi) is 3.90. The Morgan fingerprint density at radius 2 is 2.18 bits per heavy atom. The normalized spacial score (nSPS) is 24.5. The fraction of sp³-hybridized carbons (Fsp3) is 0.353. The number of rotatable bonds is 2. The van der Waals surface area contributed by atoms with Crippen molar-refractivity contribution in [2.75, 3.05) is 11.4 Å². The summed E-state index contributed by atoms with van der Waals surface area (Å²) in [4.78, 5) is 3.86. The highest BCUT2D eigenvalue weighted by Crippen LogP contribution is 2.38. The average Bonchev–Trinajstić information content (AvgIpc) is 3.05. The van der Waals surface area contributed by atoms with Crippen LogP contribution in [0.4, 0.5) is 5.69 Å². The van der Waals surface area contributed by atoms with Crippen molar-refractivity contribution in [2.24, 2.45) is 0 Å². The summed E-state index contributed by atoms with van der Waals surface area (Å²) in [5, 5.41) is 19.9. The maximum Gasteiger partial charge on any atom is 0.110 e. The van der Waals surface area contributed by atoms with Crippen molar-refractivity contribution in [3.8, 4) is 16.5 Å². The zero-order valence-electron chi connectivity index (χ0n) is 12.5. The molecular weight excluding hydrogens is 316 g/mol. The number of benzene rings is 1. The lowest BCUT2D eigenvalue weighted by Crippen LogP contribution is -2.40. The number of hydrogen-bond donors (Lipinski definition) is 1. The van der Waals surface area contributed by atoms with E-state index in [9.17, 15) is 5.11 Å². The van der Waals surface area contributed by atoms with Crippen molar-refractivity contribution >= 4 is 28.6 Å². The van der Waals surface area contributed by atoms with Gasteiger partial charge in [0.05, 0.1) is 16.7 Å². The average molecular weight is 333 g/mol. The van der Waals surface area contributed by atoms with Crippen molar-refractivity contribution < 1.29 is 5.11 Å². The summed E-state index contributed by atoms with van der Waals surface area (Å²) in [5.41, 5.74) is 1.30. The number of thiophene rings is 1. The van der Waals surface area contributed by atoms with Gasteiger partial charge in [0.2, 0.25) is 0 Å². The molecule has 1 aliphatic rings. The molecule has 0 saturated carbocycles. The molecule has 0 radical (unpaired) electrons. The quantitative estimate of drug-likeness (QED) is 0.892. The minimum absolute atomic E-state index is 0.0568. The van der Waals surface area contributed by atoms with Gasteiger partial charge in [0.25, 0.3) is 0 Å². The molecule has 1 N–H and O–H groups in total. The van der Waals surface area contributed by atoms with Gasteiger partial charge in [-0.3, -0.25) is 0 Å². The van der Waals surface area contributed by atoms with Crippen molar-refractivity contribution in [1.29, 1.82) is 5.26 Å². The molecule has 22 heavy (non-hydrogen) atoms.